The van der Waals surface area contributed by atoms with E-state index >= 15 is 0 Å². The molecular formula is C24H29N5O2S. The van der Waals surface area contributed by atoms with Crippen LogP contribution in [0.25, 0.3) is 5.69 Å². The van der Waals surface area contributed by atoms with Crippen molar-refractivity contribution in [3.8, 4) is 11.4 Å². The Hall–Kier alpha value is -2.84. The molecule has 0 atom stereocenters. The summed E-state index contributed by atoms with van der Waals surface area (Å²) in [6, 6.07) is 18.5. The first kappa shape index (κ1) is 22.4. The second-order valence-corrected chi connectivity index (χ2v) is 8.90. The van der Waals surface area contributed by atoms with Crippen LogP contribution in [0.4, 0.5) is 0 Å². The molecule has 2 aromatic carbocycles. The molecule has 1 aliphatic rings. The van der Waals surface area contributed by atoms with E-state index in [2.05, 4.69) is 44.7 Å². The average molecular weight is 452 g/mol. The fourth-order valence-electron chi connectivity index (χ4n) is 3.94. The van der Waals surface area contributed by atoms with Crippen LogP contribution in [-0.4, -0.2) is 57.6 Å². The number of benzene rings is 2. The van der Waals surface area contributed by atoms with Gasteiger partial charge in [-0.1, -0.05) is 42.1 Å². The van der Waals surface area contributed by atoms with Crippen molar-refractivity contribution in [2.24, 2.45) is 0 Å². The average Bonchev–Trinajstić information content (AvgIpc) is 3.20. The molecule has 0 aliphatic carbocycles. The van der Waals surface area contributed by atoms with E-state index in [1.165, 1.54) is 17.3 Å². The van der Waals surface area contributed by atoms with E-state index in [1.54, 1.807) is 7.11 Å². The molecule has 3 aromatic rings. The van der Waals surface area contributed by atoms with Gasteiger partial charge in [0, 0.05) is 31.4 Å². The summed E-state index contributed by atoms with van der Waals surface area (Å²) >= 11 is 1.41. The molecule has 1 aromatic heterocycles. The molecule has 1 fully saturated rings. The van der Waals surface area contributed by atoms with Gasteiger partial charge >= 0.3 is 0 Å². The number of ether oxygens (including phenoxy) is 1. The lowest BCUT2D eigenvalue weighted by molar-refractivity contribution is -0.119. The Morgan fingerprint density at radius 2 is 1.81 bits per heavy atom. The van der Waals surface area contributed by atoms with Gasteiger partial charge in [0.1, 0.15) is 11.6 Å². The van der Waals surface area contributed by atoms with Gasteiger partial charge in [-0.25, -0.2) is 0 Å². The SMILES string of the molecule is COc1ccc(-n2c(C)nnc2SCC(=O)NC2CCN(Cc3ccccc3)CC2)cc1. The molecule has 0 radical (unpaired) electrons. The van der Waals surface area contributed by atoms with E-state index in [1.807, 2.05) is 41.8 Å². The van der Waals surface area contributed by atoms with E-state index in [4.69, 9.17) is 4.74 Å². The fourth-order valence-corrected chi connectivity index (χ4v) is 4.75. The minimum absolute atomic E-state index is 0.0402. The van der Waals surface area contributed by atoms with Gasteiger partial charge in [-0.15, -0.1) is 10.2 Å². The van der Waals surface area contributed by atoms with Gasteiger partial charge in [0.25, 0.3) is 0 Å². The Kier molecular flexibility index (Phi) is 7.44. The highest BCUT2D eigenvalue weighted by molar-refractivity contribution is 7.99. The van der Waals surface area contributed by atoms with Crippen molar-refractivity contribution in [1.29, 1.82) is 0 Å². The molecule has 0 bridgehead atoms. The lowest BCUT2D eigenvalue weighted by Crippen LogP contribution is -2.44. The topological polar surface area (TPSA) is 72.3 Å². The third-order valence-electron chi connectivity index (χ3n) is 5.66. The van der Waals surface area contributed by atoms with Crippen LogP contribution in [0.2, 0.25) is 0 Å². The summed E-state index contributed by atoms with van der Waals surface area (Å²) in [7, 11) is 1.64. The summed E-state index contributed by atoms with van der Waals surface area (Å²) in [5.74, 6) is 1.93. The second kappa shape index (κ2) is 10.7. The molecule has 4 rings (SSSR count). The number of aryl methyl sites for hydroxylation is 1. The molecule has 0 spiro atoms. The zero-order valence-corrected chi connectivity index (χ0v) is 19.3. The standard InChI is InChI=1S/C24H29N5O2S/c1-18-26-27-24(29(18)21-8-10-22(31-2)11-9-21)32-17-23(30)25-20-12-14-28(15-13-20)16-19-6-4-3-5-7-19/h3-11,20H,12-17H2,1-2H3,(H,25,30). The van der Waals surface area contributed by atoms with Crippen molar-refractivity contribution in [3.63, 3.8) is 0 Å². The predicted molar refractivity (Wildman–Crippen MR) is 126 cm³/mol. The van der Waals surface area contributed by atoms with Crippen LogP contribution in [0.3, 0.4) is 0 Å². The number of aromatic nitrogens is 3. The number of likely N-dealkylation sites (tertiary alicyclic amines) is 1. The van der Waals surface area contributed by atoms with Crippen molar-refractivity contribution < 1.29 is 9.53 Å². The number of hydrogen-bond donors (Lipinski definition) is 1. The Morgan fingerprint density at radius 3 is 2.50 bits per heavy atom. The highest BCUT2D eigenvalue weighted by Gasteiger charge is 2.21. The van der Waals surface area contributed by atoms with E-state index in [-0.39, 0.29) is 11.9 Å². The van der Waals surface area contributed by atoms with Crippen LogP contribution >= 0.6 is 11.8 Å². The molecule has 1 N–H and O–H groups in total. The van der Waals surface area contributed by atoms with Crippen LogP contribution in [0.1, 0.15) is 24.2 Å². The molecule has 2 heterocycles. The number of carbonyl (C=O) groups excluding carboxylic acids is 1. The first-order valence-corrected chi connectivity index (χ1v) is 11.9. The summed E-state index contributed by atoms with van der Waals surface area (Å²) in [6.45, 7) is 4.87. The summed E-state index contributed by atoms with van der Waals surface area (Å²) < 4.78 is 7.19. The highest BCUT2D eigenvalue weighted by atomic mass is 32.2. The first-order valence-electron chi connectivity index (χ1n) is 10.9. The summed E-state index contributed by atoms with van der Waals surface area (Å²) in [5.41, 5.74) is 2.28. The molecule has 0 saturated carbocycles. The Morgan fingerprint density at radius 1 is 1.09 bits per heavy atom. The normalized spacial score (nSPS) is 14.9. The number of methoxy groups -OCH3 is 1. The number of nitrogens with zero attached hydrogens (tertiary/aromatic N) is 4. The van der Waals surface area contributed by atoms with Gasteiger partial charge in [-0.05, 0) is 49.6 Å². The van der Waals surface area contributed by atoms with E-state index in [0.29, 0.717) is 10.9 Å². The monoisotopic (exact) mass is 451 g/mol. The lowest BCUT2D eigenvalue weighted by atomic mass is 10.0. The van der Waals surface area contributed by atoms with Crippen molar-refractivity contribution in [2.75, 3.05) is 26.0 Å². The minimum Gasteiger partial charge on any atom is -0.497 e. The Bertz CT molecular complexity index is 1010. The van der Waals surface area contributed by atoms with Crippen LogP contribution < -0.4 is 10.1 Å². The molecule has 1 aliphatic heterocycles. The number of thioether (sulfide) groups is 1. The van der Waals surface area contributed by atoms with Crippen LogP contribution in [0.5, 0.6) is 5.75 Å². The van der Waals surface area contributed by atoms with Crippen molar-refractivity contribution >= 4 is 17.7 Å². The minimum atomic E-state index is 0.0402. The lowest BCUT2D eigenvalue weighted by Gasteiger charge is -2.32. The van der Waals surface area contributed by atoms with E-state index in [0.717, 1.165) is 49.7 Å². The number of carbonyl (C=O) groups is 1. The largest absolute Gasteiger partial charge is 0.497 e. The Labute approximate surface area is 193 Å². The van der Waals surface area contributed by atoms with E-state index in [9.17, 15) is 4.79 Å². The molecule has 32 heavy (non-hydrogen) atoms. The third-order valence-corrected chi connectivity index (χ3v) is 6.59. The number of amides is 1. The predicted octanol–water partition coefficient (Wildman–Crippen LogP) is 3.46. The second-order valence-electron chi connectivity index (χ2n) is 7.96. The Balaban J connectivity index is 1.26. The fraction of sp³-hybridized carbons (Fsp3) is 0.375. The number of hydrogen-bond acceptors (Lipinski definition) is 6. The zero-order chi connectivity index (χ0) is 22.3. The van der Waals surface area contributed by atoms with Gasteiger partial charge in [0.2, 0.25) is 5.91 Å². The van der Waals surface area contributed by atoms with Gasteiger partial charge in [0.05, 0.1) is 12.9 Å². The van der Waals surface area contributed by atoms with Gasteiger partial charge in [-0.2, -0.15) is 0 Å². The van der Waals surface area contributed by atoms with Crippen LogP contribution in [0, 0.1) is 6.92 Å². The van der Waals surface area contributed by atoms with Crippen LogP contribution in [0.15, 0.2) is 59.8 Å². The molecule has 7 nitrogen and oxygen atoms in total. The van der Waals surface area contributed by atoms with Gasteiger partial charge < -0.3 is 10.1 Å². The first-order chi connectivity index (χ1) is 15.6. The maximum Gasteiger partial charge on any atom is 0.230 e. The third kappa shape index (κ3) is 5.69. The highest BCUT2D eigenvalue weighted by Crippen LogP contribution is 2.23. The van der Waals surface area contributed by atoms with Gasteiger partial charge in [0.15, 0.2) is 5.16 Å². The molecular weight excluding hydrogens is 422 g/mol. The summed E-state index contributed by atoms with van der Waals surface area (Å²) in [6.07, 6.45) is 1.95. The van der Waals surface area contributed by atoms with E-state index < -0.39 is 0 Å². The molecule has 1 saturated heterocycles. The maximum atomic E-state index is 12.6. The smallest absolute Gasteiger partial charge is 0.230 e. The van der Waals surface area contributed by atoms with Crippen molar-refractivity contribution in [3.05, 3.63) is 66.0 Å². The summed E-state index contributed by atoms with van der Waals surface area (Å²) in [5, 5.41) is 12.4. The maximum absolute atomic E-state index is 12.6. The molecule has 8 heteroatoms. The van der Waals surface area contributed by atoms with Gasteiger partial charge in [-0.3, -0.25) is 14.3 Å². The quantitative estimate of drug-likeness (QED) is 0.529. The van der Waals surface area contributed by atoms with Crippen LogP contribution in [-0.2, 0) is 11.3 Å². The number of nitrogens with one attached hydrogen (secondary N) is 1. The van der Waals surface area contributed by atoms with Crippen molar-refractivity contribution in [1.82, 2.24) is 25.0 Å². The number of piperidine rings is 1. The zero-order valence-electron chi connectivity index (χ0n) is 18.5. The molecule has 1 amide bonds. The molecule has 168 valence electrons. The molecule has 0 unspecified atom stereocenters. The number of rotatable bonds is 8. The summed E-state index contributed by atoms with van der Waals surface area (Å²) in [4.78, 5) is 15.0. The van der Waals surface area contributed by atoms with Crippen molar-refractivity contribution in [2.45, 2.75) is 37.5 Å².